The van der Waals surface area contributed by atoms with E-state index in [2.05, 4.69) is 15.3 Å². The normalized spacial score (nSPS) is 14.9. The van der Waals surface area contributed by atoms with E-state index in [-0.39, 0.29) is 11.2 Å². The first-order valence-corrected chi connectivity index (χ1v) is 10.7. The number of ether oxygens (including phenoxy) is 1. The number of thioether (sulfide) groups is 2. The molecule has 1 unspecified atom stereocenters. The van der Waals surface area contributed by atoms with E-state index in [1.54, 1.807) is 11.8 Å². The summed E-state index contributed by atoms with van der Waals surface area (Å²) in [6.45, 7) is 5.34. The zero-order valence-electron chi connectivity index (χ0n) is 14.0. The first kappa shape index (κ1) is 18.3. The second-order valence-corrected chi connectivity index (χ2v) is 8.77. The van der Waals surface area contributed by atoms with Gasteiger partial charge in [0.25, 0.3) is 0 Å². The third-order valence-corrected chi connectivity index (χ3v) is 6.46. The van der Waals surface area contributed by atoms with E-state index in [0.29, 0.717) is 11.7 Å². The molecule has 1 aliphatic heterocycles. The number of rotatable bonds is 6. The summed E-state index contributed by atoms with van der Waals surface area (Å²) in [5, 5.41) is 5.26. The number of benzene rings is 1. The fourth-order valence-electron chi connectivity index (χ4n) is 2.15. The number of hydrogen-bond donors (Lipinski definition) is 1. The lowest BCUT2D eigenvalue weighted by atomic mass is 10.2. The van der Waals surface area contributed by atoms with Crippen molar-refractivity contribution in [3.8, 4) is 17.0 Å². The molecule has 1 N–H and O–H groups in total. The van der Waals surface area contributed by atoms with E-state index in [1.807, 2.05) is 43.5 Å². The highest BCUT2D eigenvalue weighted by molar-refractivity contribution is 8.39. The molecule has 1 amide bonds. The minimum absolute atomic E-state index is 0.0483. The Balaban J connectivity index is 1.59. The highest BCUT2D eigenvalue weighted by Gasteiger charge is 2.20. The topological polar surface area (TPSA) is 63.6 Å². The lowest BCUT2D eigenvalue weighted by molar-refractivity contribution is -0.115. The van der Waals surface area contributed by atoms with Crippen molar-refractivity contribution in [2.75, 3.05) is 24.2 Å². The molecule has 1 aliphatic rings. The van der Waals surface area contributed by atoms with Crippen molar-refractivity contribution in [1.82, 2.24) is 4.98 Å². The van der Waals surface area contributed by atoms with Gasteiger partial charge in [0.15, 0.2) is 5.13 Å². The Morgan fingerprint density at radius 2 is 2.20 bits per heavy atom. The lowest BCUT2D eigenvalue weighted by Crippen LogP contribution is -2.23. The maximum atomic E-state index is 12.3. The number of hydrogen-bond acceptors (Lipinski definition) is 7. The molecule has 3 rings (SSSR count). The Morgan fingerprint density at radius 1 is 1.40 bits per heavy atom. The van der Waals surface area contributed by atoms with Crippen LogP contribution in [-0.2, 0) is 4.79 Å². The second kappa shape index (κ2) is 8.73. The maximum absolute atomic E-state index is 12.3. The molecule has 2 heterocycles. The highest BCUT2D eigenvalue weighted by Crippen LogP contribution is 2.29. The first-order chi connectivity index (χ1) is 12.2. The molecule has 0 radical (unpaired) electrons. The van der Waals surface area contributed by atoms with Crippen molar-refractivity contribution in [2.45, 2.75) is 19.1 Å². The largest absolute Gasteiger partial charge is 0.494 e. The van der Waals surface area contributed by atoms with E-state index in [1.165, 1.54) is 23.1 Å². The summed E-state index contributed by atoms with van der Waals surface area (Å²) in [6.07, 6.45) is 0. The Kier molecular flexibility index (Phi) is 6.39. The number of aliphatic imine (C=N–C) groups is 1. The molecular formula is C17H19N3O2S3. The Labute approximate surface area is 159 Å². The molecule has 0 aliphatic carbocycles. The smallest absolute Gasteiger partial charge is 0.239 e. The van der Waals surface area contributed by atoms with Crippen LogP contribution in [0.2, 0.25) is 0 Å². The molecule has 1 aromatic heterocycles. The SMILES string of the molecule is CCOc1ccc(-c2csc(NC(=O)C(C)SC3=NCCS3)n2)cc1. The molecule has 0 spiro atoms. The molecule has 132 valence electrons. The number of anilines is 1. The van der Waals surface area contributed by atoms with Crippen LogP contribution in [0.1, 0.15) is 13.8 Å². The third-order valence-electron chi connectivity index (χ3n) is 3.40. The second-order valence-electron chi connectivity index (χ2n) is 5.24. The molecule has 0 saturated carbocycles. The van der Waals surface area contributed by atoms with Gasteiger partial charge in [-0.1, -0.05) is 23.5 Å². The minimum Gasteiger partial charge on any atom is -0.494 e. The van der Waals surface area contributed by atoms with Gasteiger partial charge in [-0.3, -0.25) is 9.79 Å². The van der Waals surface area contributed by atoms with Crippen LogP contribution in [0.15, 0.2) is 34.6 Å². The summed E-state index contributed by atoms with van der Waals surface area (Å²) in [6, 6.07) is 7.80. The molecule has 0 bridgehead atoms. The lowest BCUT2D eigenvalue weighted by Gasteiger charge is -2.09. The summed E-state index contributed by atoms with van der Waals surface area (Å²) in [5.74, 6) is 1.80. The summed E-state index contributed by atoms with van der Waals surface area (Å²) < 4.78 is 6.44. The van der Waals surface area contributed by atoms with Crippen LogP contribution in [0.4, 0.5) is 5.13 Å². The number of carbonyl (C=O) groups excluding carboxylic acids is 1. The number of amides is 1. The minimum atomic E-state index is -0.192. The molecule has 1 atom stereocenters. The zero-order valence-corrected chi connectivity index (χ0v) is 16.5. The molecule has 0 fully saturated rings. The van der Waals surface area contributed by atoms with Crippen LogP contribution in [0.3, 0.4) is 0 Å². The van der Waals surface area contributed by atoms with Crippen molar-refractivity contribution in [1.29, 1.82) is 0 Å². The monoisotopic (exact) mass is 393 g/mol. The van der Waals surface area contributed by atoms with Gasteiger partial charge < -0.3 is 10.1 Å². The van der Waals surface area contributed by atoms with Gasteiger partial charge >= 0.3 is 0 Å². The van der Waals surface area contributed by atoms with E-state index < -0.39 is 0 Å². The predicted molar refractivity (Wildman–Crippen MR) is 109 cm³/mol. The van der Waals surface area contributed by atoms with E-state index in [4.69, 9.17) is 4.74 Å². The summed E-state index contributed by atoms with van der Waals surface area (Å²) in [5.41, 5.74) is 1.85. The molecular weight excluding hydrogens is 374 g/mol. The summed E-state index contributed by atoms with van der Waals surface area (Å²) in [7, 11) is 0. The van der Waals surface area contributed by atoms with Gasteiger partial charge in [0.1, 0.15) is 10.1 Å². The van der Waals surface area contributed by atoms with Gasteiger partial charge in [-0.15, -0.1) is 11.3 Å². The van der Waals surface area contributed by atoms with Gasteiger partial charge in [-0.05, 0) is 38.1 Å². The number of nitrogens with one attached hydrogen (secondary N) is 1. The van der Waals surface area contributed by atoms with Crippen molar-refractivity contribution in [2.24, 2.45) is 4.99 Å². The van der Waals surface area contributed by atoms with Gasteiger partial charge in [0.05, 0.1) is 24.1 Å². The molecule has 0 saturated heterocycles. The highest BCUT2D eigenvalue weighted by atomic mass is 32.2. The van der Waals surface area contributed by atoms with Gasteiger partial charge in [0, 0.05) is 16.7 Å². The van der Waals surface area contributed by atoms with Crippen LogP contribution >= 0.6 is 34.9 Å². The van der Waals surface area contributed by atoms with E-state index in [0.717, 1.165) is 33.7 Å². The van der Waals surface area contributed by atoms with Crippen LogP contribution in [0.5, 0.6) is 5.75 Å². The van der Waals surface area contributed by atoms with Gasteiger partial charge in [-0.25, -0.2) is 4.98 Å². The van der Waals surface area contributed by atoms with Crippen molar-refractivity contribution >= 4 is 50.3 Å². The van der Waals surface area contributed by atoms with Crippen LogP contribution in [-0.4, -0.2) is 39.4 Å². The number of carbonyl (C=O) groups is 1. The number of aromatic nitrogens is 1. The van der Waals surface area contributed by atoms with Crippen LogP contribution < -0.4 is 10.1 Å². The Hall–Kier alpha value is -1.51. The molecule has 5 nitrogen and oxygen atoms in total. The van der Waals surface area contributed by atoms with E-state index in [9.17, 15) is 4.79 Å². The average molecular weight is 394 g/mol. The fourth-order valence-corrected chi connectivity index (χ4v) is 5.00. The Morgan fingerprint density at radius 3 is 2.88 bits per heavy atom. The average Bonchev–Trinajstić information content (AvgIpc) is 3.28. The summed E-state index contributed by atoms with van der Waals surface area (Å²) >= 11 is 4.65. The molecule has 25 heavy (non-hydrogen) atoms. The molecule has 2 aromatic rings. The van der Waals surface area contributed by atoms with Crippen molar-refractivity contribution in [3.05, 3.63) is 29.6 Å². The molecule has 8 heteroatoms. The van der Waals surface area contributed by atoms with Crippen molar-refractivity contribution in [3.63, 3.8) is 0 Å². The Bertz CT molecular complexity index is 759. The quantitative estimate of drug-likeness (QED) is 0.789. The number of thiazole rings is 1. The number of nitrogens with zero attached hydrogens (tertiary/aromatic N) is 2. The zero-order chi connectivity index (χ0) is 17.6. The third kappa shape index (κ3) is 4.99. The first-order valence-electron chi connectivity index (χ1n) is 7.99. The van der Waals surface area contributed by atoms with E-state index >= 15 is 0 Å². The standard InChI is InChI=1S/C17H19N3O2S3/c1-3-22-13-6-4-12(5-7-13)14-10-24-16(19-14)20-15(21)11(2)25-17-18-8-9-23-17/h4-7,10-11H,3,8-9H2,1-2H3,(H,19,20,21). The van der Waals surface area contributed by atoms with Crippen molar-refractivity contribution < 1.29 is 9.53 Å². The predicted octanol–water partition coefficient (Wildman–Crippen LogP) is 4.37. The van der Waals surface area contributed by atoms with Crippen LogP contribution in [0.25, 0.3) is 11.3 Å². The summed E-state index contributed by atoms with van der Waals surface area (Å²) in [4.78, 5) is 21.2. The van der Waals surface area contributed by atoms with Gasteiger partial charge in [0.2, 0.25) is 5.91 Å². The van der Waals surface area contributed by atoms with Gasteiger partial charge in [-0.2, -0.15) is 0 Å². The maximum Gasteiger partial charge on any atom is 0.239 e. The van der Waals surface area contributed by atoms with Crippen LogP contribution in [0, 0.1) is 0 Å². The fraction of sp³-hybridized carbons (Fsp3) is 0.353. The molecule has 1 aromatic carbocycles.